The lowest BCUT2D eigenvalue weighted by Crippen LogP contribution is -2.24. The van der Waals surface area contributed by atoms with Crippen LogP contribution in [0.15, 0.2) is 32.8 Å². The molecule has 3 aromatic rings. The third-order valence-electron chi connectivity index (χ3n) is 2.72. The number of H-pyrrole nitrogens is 1. The molecule has 0 atom stereocenters. The molecule has 0 aliphatic carbocycles. The molecule has 0 amide bonds. The van der Waals surface area contributed by atoms with Crippen molar-refractivity contribution in [1.29, 1.82) is 0 Å². The van der Waals surface area contributed by atoms with Crippen LogP contribution < -0.4 is 5.56 Å². The first kappa shape index (κ1) is 12.9. The Kier molecular flexibility index (Phi) is 3.33. The molecular weight excluding hydrogens is 296 g/mol. The van der Waals surface area contributed by atoms with Gasteiger partial charge in [0.25, 0.3) is 16.3 Å². The smallest absolute Gasteiger partial charge is 0.284 e. The van der Waals surface area contributed by atoms with Crippen molar-refractivity contribution in [2.75, 3.05) is 0 Å². The van der Waals surface area contributed by atoms with E-state index in [-0.39, 0.29) is 16.3 Å². The molecule has 8 heteroatoms. The van der Waals surface area contributed by atoms with Gasteiger partial charge in [-0.15, -0.1) is 16.4 Å². The number of nitrogens with zero attached hydrogens (tertiary/aromatic N) is 3. The zero-order valence-electron chi connectivity index (χ0n) is 10.5. The Hall–Kier alpha value is -2.06. The lowest BCUT2D eigenvalue weighted by atomic mass is 10.2. The fourth-order valence-corrected chi connectivity index (χ4v) is 2.61. The molecule has 6 nitrogen and oxygen atoms in total. The number of thiophene rings is 1. The topological polar surface area (TPSA) is 76.7 Å². The molecule has 3 heterocycles. The minimum atomic E-state index is -0.252. The fourth-order valence-electron chi connectivity index (χ4n) is 1.80. The summed E-state index contributed by atoms with van der Waals surface area (Å²) in [6, 6.07) is 5.55. The molecule has 0 aromatic carbocycles. The average Bonchev–Trinajstić information content (AvgIpc) is 3.10. The first-order valence-electron chi connectivity index (χ1n) is 5.91. The highest BCUT2D eigenvalue weighted by molar-refractivity contribution is 7.71. The van der Waals surface area contributed by atoms with Gasteiger partial charge in [0.15, 0.2) is 0 Å². The standard InChI is InChI=1S/C12H10N4O2S2/c1-2-16-11(17)7(10-13-14-12(19)18-10)6-8(15-16)9-4-3-5-20-9/h3-6H,2H2,1H3,(H,14,19). The van der Waals surface area contributed by atoms with Gasteiger partial charge in [-0.1, -0.05) is 6.07 Å². The van der Waals surface area contributed by atoms with Crippen molar-refractivity contribution in [1.82, 2.24) is 20.0 Å². The van der Waals surface area contributed by atoms with Crippen molar-refractivity contribution in [3.8, 4) is 22.0 Å². The van der Waals surface area contributed by atoms with E-state index in [2.05, 4.69) is 15.3 Å². The number of aromatic amines is 1. The summed E-state index contributed by atoms with van der Waals surface area (Å²) in [7, 11) is 0. The molecule has 0 aliphatic heterocycles. The molecule has 3 aromatic heterocycles. The second-order valence-electron chi connectivity index (χ2n) is 3.96. The van der Waals surface area contributed by atoms with Crippen LogP contribution in [0.25, 0.3) is 22.0 Å². The molecule has 0 bridgehead atoms. The molecule has 0 aliphatic rings. The van der Waals surface area contributed by atoms with E-state index in [1.54, 1.807) is 17.4 Å². The molecule has 102 valence electrons. The molecule has 0 saturated carbocycles. The predicted octanol–water partition coefficient (Wildman–Crippen LogP) is 2.70. The van der Waals surface area contributed by atoms with E-state index in [0.29, 0.717) is 17.8 Å². The van der Waals surface area contributed by atoms with E-state index >= 15 is 0 Å². The van der Waals surface area contributed by atoms with Gasteiger partial charge in [-0.3, -0.25) is 4.79 Å². The van der Waals surface area contributed by atoms with Crippen LogP contribution in [-0.2, 0) is 6.54 Å². The number of hydrogen-bond donors (Lipinski definition) is 1. The summed E-state index contributed by atoms with van der Waals surface area (Å²) < 4.78 is 6.62. The summed E-state index contributed by atoms with van der Waals surface area (Å²) in [5, 5.41) is 12.7. The zero-order valence-corrected chi connectivity index (χ0v) is 12.1. The lowest BCUT2D eigenvalue weighted by Gasteiger charge is -2.05. The molecule has 0 radical (unpaired) electrons. The Morgan fingerprint density at radius 3 is 3.00 bits per heavy atom. The highest BCUT2D eigenvalue weighted by atomic mass is 32.1. The van der Waals surface area contributed by atoms with Crippen molar-refractivity contribution < 1.29 is 4.42 Å². The first-order valence-corrected chi connectivity index (χ1v) is 7.19. The van der Waals surface area contributed by atoms with Gasteiger partial charge in [0.05, 0.1) is 4.88 Å². The van der Waals surface area contributed by atoms with Gasteiger partial charge in [0.2, 0.25) is 0 Å². The fraction of sp³-hybridized carbons (Fsp3) is 0.167. The summed E-state index contributed by atoms with van der Waals surface area (Å²) in [5.41, 5.74) is 0.802. The number of nitrogens with one attached hydrogen (secondary N) is 1. The monoisotopic (exact) mass is 306 g/mol. The average molecular weight is 306 g/mol. The maximum absolute atomic E-state index is 12.3. The van der Waals surface area contributed by atoms with Crippen LogP contribution >= 0.6 is 23.6 Å². The Morgan fingerprint density at radius 2 is 2.40 bits per heavy atom. The predicted molar refractivity (Wildman–Crippen MR) is 78.2 cm³/mol. The molecule has 3 rings (SSSR count). The molecular formula is C12H10N4O2S2. The van der Waals surface area contributed by atoms with Gasteiger partial charge >= 0.3 is 0 Å². The van der Waals surface area contributed by atoms with E-state index in [4.69, 9.17) is 16.6 Å². The van der Waals surface area contributed by atoms with E-state index in [1.165, 1.54) is 4.68 Å². The maximum atomic E-state index is 12.3. The van der Waals surface area contributed by atoms with Gasteiger partial charge in [-0.2, -0.15) is 5.10 Å². The van der Waals surface area contributed by atoms with E-state index < -0.39 is 0 Å². The lowest BCUT2D eigenvalue weighted by molar-refractivity contribution is 0.547. The van der Waals surface area contributed by atoms with Crippen molar-refractivity contribution in [2.24, 2.45) is 0 Å². The van der Waals surface area contributed by atoms with Crippen molar-refractivity contribution in [3.63, 3.8) is 0 Å². The highest BCUT2D eigenvalue weighted by Gasteiger charge is 2.15. The van der Waals surface area contributed by atoms with Crippen LogP contribution in [0.1, 0.15) is 6.92 Å². The largest absolute Gasteiger partial charge is 0.409 e. The Bertz CT molecular complexity index is 845. The summed E-state index contributed by atoms with van der Waals surface area (Å²) in [5.74, 6) is 0.183. The number of rotatable bonds is 3. The maximum Gasteiger partial charge on any atom is 0.284 e. The van der Waals surface area contributed by atoms with Crippen molar-refractivity contribution in [3.05, 3.63) is 38.8 Å². The molecule has 0 unspecified atom stereocenters. The Morgan fingerprint density at radius 1 is 1.55 bits per heavy atom. The Labute approximate surface area is 122 Å². The van der Waals surface area contributed by atoms with E-state index in [9.17, 15) is 4.79 Å². The van der Waals surface area contributed by atoms with Crippen LogP contribution in [-0.4, -0.2) is 20.0 Å². The number of aryl methyl sites for hydroxylation is 1. The van der Waals surface area contributed by atoms with Crippen molar-refractivity contribution >= 4 is 23.6 Å². The summed E-state index contributed by atoms with van der Waals surface area (Å²) in [6.07, 6.45) is 0. The first-order chi connectivity index (χ1) is 9.69. The Balaban J connectivity index is 2.26. The van der Waals surface area contributed by atoms with Gasteiger partial charge < -0.3 is 4.42 Å². The number of aromatic nitrogens is 4. The molecule has 0 saturated heterocycles. The minimum Gasteiger partial charge on any atom is -0.409 e. The number of hydrogen-bond acceptors (Lipinski definition) is 6. The molecule has 0 fully saturated rings. The minimum absolute atomic E-state index is 0.136. The zero-order chi connectivity index (χ0) is 14.1. The summed E-state index contributed by atoms with van der Waals surface area (Å²) in [6.45, 7) is 2.33. The van der Waals surface area contributed by atoms with Gasteiger partial charge in [0, 0.05) is 6.54 Å². The SMILES string of the molecule is CCn1nc(-c2cccs2)cc(-c2n[nH]c(=S)o2)c1=O. The van der Waals surface area contributed by atoms with Crippen molar-refractivity contribution in [2.45, 2.75) is 13.5 Å². The summed E-state index contributed by atoms with van der Waals surface area (Å²) in [4.78, 5) is 13.4. The van der Waals surface area contributed by atoms with E-state index in [0.717, 1.165) is 4.88 Å². The molecule has 20 heavy (non-hydrogen) atoms. The van der Waals surface area contributed by atoms with Gasteiger partial charge in [-0.05, 0) is 36.7 Å². The van der Waals surface area contributed by atoms with Crippen LogP contribution in [0, 0.1) is 4.84 Å². The molecule has 1 N–H and O–H groups in total. The third kappa shape index (κ3) is 2.23. The second kappa shape index (κ2) is 5.14. The quantitative estimate of drug-likeness (QED) is 0.753. The normalized spacial score (nSPS) is 10.8. The van der Waals surface area contributed by atoms with Crippen LogP contribution in [0.5, 0.6) is 0 Å². The van der Waals surface area contributed by atoms with Crippen LogP contribution in [0.2, 0.25) is 0 Å². The highest BCUT2D eigenvalue weighted by Crippen LogP contribution is 2.24. The van der Waals surface area contributed by atoms with E-state index in [1.807, 2.05) is 24.4 Å². The van der Waals surface area contributed by atoms with Crippen LogP contribution in [0.4, 0.5) is 0 Å². The second-order valence-corrected chi connectivity index (χ2v) is 5.28. The molecule has 0 spiro atoms. The van der Waals surface area contributed by atoms with Gasteiger partial charge in [0.1, 0.15) is 11.3 Å². The third-order valence-corrected chi connectivity index (χ3v) is 3.78. The van der Waals surface area contributed by atoms with Gasteiger partial charge in [-0.25, -0.2) is 9.78 Å². The van der Waals surface area contributed by atoms with Crippen LogP contribution in [0.3, 0.4) is 0 Å². The summed E-state index contributed by atoms with van der Waals surface area (Å²) >= 11 is 6.40.